The van der Waals surface area contributed by atoms with Gasteiger partial charge in [-0.2, -0.15) is 10.1 Å². The summed E-state index contributed by atoms with van der Waals surface area (Å²) in [5, 5.41) is 19.9. The van der Waals surface area contributed by atoms with Crippen molar-refractivity contribution in [3.63, 3.8) is 0 Å². The van der Waals surface area contributed by atoms with Gasteiger partial charge in [-0.15, -0.1) is 5.11 Å². The quantitative estimate of drug-likeness (QED) is 0.285. The van der Waals surface area contributed by atoms with Gasteiger partial charge in [0.2, 0.25) is 17.1 Å². The summed E-state index contributed by atoms with van der Waals surface area (Å²) in [6.07, 6.45) is 0. The van der Waals surface area contributed by atoms with Crippen molar-refractivity contribution in [2.75, 3.05) is 5.32 Å². The Kier molecular flexibility index (Phi) is 5.54. The number of nitrogens with one attached hydrogen (secondary N) is 1. The number of benzene rings is 2. The molecule has 0 fully saturated rings. The first kappa shape index (κ1) is 20.8. The Morgan fingerprint density at radius 2 is 1.76 bits per heavy atom. The molecule has 0 spiro atoms. The molecule has 5 aromatic rings. The molecule has 5 rings (SSSR count). The number of anilines is 2. The average Bonchev–Trinajstić information content (AvgIpc) is 3.46. The smallest absolute Gasteiger partial charge is 0.245 e. The van der Waals surface area contributed by atoms with Crippen LogP contribution in [0.2, 0.25) is 5.02 Å². The van der Waals surface area contributed by atoms with Gasteiger partial charge in [0.1, 0.15) is 18.1 Å². The minimum absolute atomic E-state index is 0.212. The van der Waals surface area contributed by atoms with Crippen LogP contribution < -0.4 is 5.32 Å². The third-order valence-electron chi connectivity index (χ3n) is 5.15. The zero-order valence-corrected chi connectivity index (χ0v) is 18.5. The van der Waals surface area contributed by atoms with Gasteiger partial charge in [-0.1, -0.05) is 35.9 Å². The zero-order valence-electron chi connectivity index (χ0n) is 17.8. The molecule has 0 aliphatic carbocycles. The van der Waals surface area contributed by atoms with Crippen LogP contribution in [-0.4, -0.2) is 20.3 Å². The summed E-state index contributed by atoms with van der Waals surface area (Å²) < 4.78 is 10.6. The van der Waals surface area contributed by atoms with Gasteiger partial charge < -0.3 is 9.73 Å². The number of aryl methyl sites for hydroxylation is 1. The van der Waals surface area contributed by atoms with Gasteiger partial charge in [-0.25, -0.2) is 9.61 Å². The number of nitrogens with zero attached hydrogens (tertiary/aromatic N) is 6. The van der Waals surface area contributed by atoms with Crippen LogP contribution in [0.25, 0.3) is 22.6 Å². The predicted molar refractivity (Wildman–Crippen MR) is 124 cm³/mol. The molecule has 0 aliphatic rings. The molecule has 10 heteroatoms. The summed E-state index contributed by atoms with van der Waals surface area (Å²) in [4.78, 5) is 8.83. The number of hydrogen-bond acceptors (Lipinski definition) is 9. The lowest BCUT2D eigenvalue weighted by atomic mass is 10.1. The second-order valence-corrected chi connectivity index (χ2v) is 7.73. The summed E-state index contributed by atoms with van der Waals surface area (Å²) in [6, 6.07) is 17.1. The van der Waals surface area contributed by atoms with Gasteiger partial charge >= 0.3 is 0 Å². The molecular formula is C23H18ClN7O2. The van der Waals surface area contributed by atoms with E-state index in [1.54, 1.807) is 0 Å². The van der Waals surface area contributed by atoms with Crippen LogP contribution in [0.15, 0.2) is 73.9 Å². The molecule has 0 bridgehead atoms. The second kappa shape index (κ2) is 8.79. The maximum absolute atomic E-state index is 6.25. The molecule has 0 atom stereocenters. The van der Waals surface area contributed by atoms with Crippen LogP contribution in [0.1, 0.15) is 16.9 Å². The van der Waals surface area contributed by atoms with Crippen LogP contribution in [0.3, 0.4) is 0 Å². The number of hydrogen-bond donors (Lipinski definition) is 1. The van der Waals surface area contributed by atoms with Crippen LogP contribution >= 0.6 is 11.6 Å². The summed E-state index contributed by atoms with van der Waals surface area (Å²) in [7, 11) is 0. The minimum Gasteiger partial charge on any atom is -0.459 e. The monoisotopic (exact) mass is 459 g/mol. The first-order valence-electron chi connectivity index (χ1n) is 10.1. The van der Waals surface area contributed by atoms with Crippen molar-refractivity contribution in [3.05, 3.63) is 76.5 Å². The van der Waals surface area contributed by atoms with Crippen molar-refractivity contribution in [2.24, 2.45) is 10.2 Å². The van der Waals surface area contributed by atoms with E-state index >= 15 is 0 Å². The van der Waals surface area contributed by atoms with Crippen LogP contribution in [0.5, 0.6) is 0 Å². The molecule has 0 unspecified atom stereocenters. The Hall–Kier alpha value is -4.11. The molecule has 0 aliphatic heterocycles. The molecule has 9 nitrogen and oxygen atoms in total. The van der Waals surface area contributed by atoms with E-state index in [1.165, 1.54) is 0 Å². The van der Waals surface area contributed by atoms with Crippen molar-refractivity contribution in [3.8, 4) is 11.3 Å². The van der Waals surface area contributed by atoms with Gasteiger partial charge in [0, 0.05) is 11.3 Å². The maximum Gasteiger partial charge on any atom is 0.245 e. The lowest BCUT2D eigenvalue weighted by molar-refractivity contribution is 0.314. The first-order valence-corrected chi connectivity index (χ1v) is 10.5. The topological polar surface area (TPSA) is 115 Å². The molecule has 0 saturated heterocycles. The Bertz CT molecular complexity index is 1470. The van der Waals surface area contributed by atoms with Crippen molar-refractivity contribution < 1.29 is 9.05 Å². The number of halogens is 1. The minimum atomic E-state index is 0.212. The number of aromatic nitrogens is 4. The molecule has 2 aromatic carbocycles. The fourth-order valence-electron chi connectivity index (χ4n) is 3.24. The van der Waals surface area contributed by atoms with E-state index in [2.05, 4.69) is 35.8 Å². The van der Waals surface area contributed by atoms with Crippen LogP contribution in [-0.2, 0) is 6.54 Å². The van der Waals surface area contributed by atoms with Gasteiger partial charge in [-0.3, -0.25) is 0 Å². The van der Waals surface area contributed by atoms with Gasteiger partial charge in [0.25, 0.3) is 0 Å². The summed E-state index contributed by atoms with van der Waals surface area (Å²) in [5.74, 6) is 1.96. The molecule has 164 valence electrons. The fraction of sp³-hybridized carbons (Fsp3) is 0.130. The summed E-state index contributed by atoms with van der Waals surface area (Å²) in [5.41, 5.74) is 4.45. The van der Waals surface area contributed by atoms with Crippen molar-refractivity contribution in [1.82, 2.24) is 20.3 Å². The van der Waals surface area contributed by atoms with Crippen molar-refractivity contribution in [1.29, 1.82) is 0 Å². The summed E-state index contributed by atoms with van der Waals surface area (Å²) in [6.45, 7) is 4.28. The normalized spacial score (nSPS) is 11.5. The standard InChI is InChI=1S/C23H18ClN7O2/c1-13-6-5-9-18(14(13)2)26-20-21(28-23-22(27-20)30-33-31-23)29-25-12-15-10-11-19(32-15)16-7-3-4-8-17(16)24/h3-11H,12H2,1-2H3,(H,26,27,30). The van der Waals surface area contributed by atoms with Crippen LogP contribution in [0, 0.1) is 13.8 Å². The van der Waals surface area contributed by atoms with Crippen molar-refractivity contribution >= 4 is 40.2 Å². The molecular weight excluding hydrogens is 442 g/mol. The molecule has 0 radical (unpaired) electrons. The predicted octanol–water partition coefficient (Wildman–Crippen LogP) is 6.57. The Morgan fingerprint density at radius 3 is 2.61 bits per heavy atom. The highest BCUT2D eigenvalue weighted by atomic mass is 35.5. The summed E-state index contributed by atoms with van der Waals surface area (Å²) >= 11 is 6.25. The SMILES string of the molecule is Cc1cccc(Nc2nc3nonc3nc2N=NCc2ccc(-c3ccccc3Cl)o2)c1C. The van der Waals surface area contributed by atoms with E-state index in [-0.39, 0.29) is 23.7 Å². The van der Waals surface area contributed by atoms with Gasteiger partial charge in [0.05, 0.1) is 5.02 Å². The molecule has 33 heavy (non-hydrogen) atoms. The van der Waals surface area contributed by atoms with E-state index < -0.39 is 0 Å². The first-order chi connectivity index (χ1) is 16.1. The number of furan rings is 1. The lowest BCUT2D eigenvalue weighted by Crippen LogP contribution is -1.99. The largest absolute Gasteiger partial charge is 0.459 e. The Labute approximate surface area is 193 Å². The fourth-order valence-corrected chi connectivity index (χ4v) is 3.47. The van der Waals surface area contributed by atoms with E-state index in [0.717, 1.165) is 22.4 Å². The molecule has 3 heterocycles. The number of fused-ring (bicyclic) bond motifs is 1. The molecule has 0 saturated carbocycles. The number of azo groups is 1. The molecule has 1 N–H and O–H groups in total. The number of rotatable bonds is 6. The van der Waals surface area contributed by atoms with Gasteiger partial charge in [-0.05, 0) is 65.6 Å². The van der Waals surface area contributed by atoms with Crippen LogP contribution in [0.4, 0.5) is 17.3 Å². The molecule has 3 aromatic heterocycles. The highest BCUT2D eigenvalue weighted by Crippen LogP contribution is 2.31. The van der Waals surface area contributed by atoms with E-state index in [1.807, 2.05) is 68.4 Å². The zero-order chi connectivity index (χ0) is 22.8. The lowest BCUT2D eigenvalue weighted by Gasteiger charge is -2.11. The molecule has 0 amide bonds. The second-order valence-electron chi connectivity index (χ2n) is 7.33. The highest BCUT2D eigenvalue weighted by Gasteiger charge is 2.14. The Morgan fingerprint density at radius 1 is 0.939 bits per heavy atom. The van der Waals surface area contributed by atoms with E-state index in [4.69, 9.17) is 20.6 Å². The van der Waals surface area contributed by atoms with E-state index in [9.17, 15) is 0 Å². The maximum atomic E-state index is 6.25. The average molecular weight is 460 g/mol. The highest BCUT2D eigenvalue weighted by molar-refractivity contribution is 6.33. The van der Waals surface area contributed by atoms with E-state index in [0.29, 0.717) is 22.4 Å². The van der Waals surface area contributed by atoms with Crippen molar-refractivity contribution in [2.45, 2.75) is 20.4 Å². The van der Waals surface area contributed by atoms with Gasteiger partial charge in [0.15, 0.2) is 5.82 Å². The Balaban J connectivity index is 1.41. The third kappa shape index (κ3) is 4.31. The third-order valence-corrected chi connectivity index (χ3v) is 5.48.